The van der Waals surface area contributed by atoms with Gasteiger partial charge in [0.25, 0.3) is 5.91 Å². The van der Waals surface area contributed by atoms with Gasteiger partial charge in [0.1, 0.15) is 11.5 Å². The summed E-state index contributed by atoms with van der Waals surface area (Å²) in [5, 5.41) is 0. The number of carbonyl (C=O) groups is 1. The van der Waals surface area contributed by atoms with Gasteiger partial charge in [-0.05, 0) is 31.5 Å². The maximum atomic E-state index is 12.7. The molecule has 0 unspecified atom stereocenters. The Morgan fingerprint density at radius 3 is 2.18 bits per heavy atom. The van der Waals surface area contributed by atoms with Gasteiger partial charge >= 0.3 is 0 Å². The second-order valence-electron chi connectivity index (χ2n) is 5.68. The van der Waals surface area contributed by atoms with Gasteiger partial charge in [-0.3, -0.25) is 4.79 Å². The quantitative estimate of drug-likeness (QED) is 0.837. The smallest absolute Gasteiger partial charge is 0.254 e. The first-order chi connectivity index (χ1) is 10.6. The molecule has 0 N–H and O–H groups in total. The molecule has 1 aliphatic heterocycles. The molecule has 1 aromatic carbocycles. The maximum Gasteiger partial charge on any atom is 0.254 e. The van der Waals surface area contributed by atoms with Crippen LogP contribution in [0, 0.1) is 0 Å². The molecule has 1 aliphatic rings. The van der Waals surface area contributed by atoms with Crippen molar-refractivity contribution in [3.05, 3.63) is 23.8 Å². The Bertz CT molecular complexity index is 488. The summed E-state index contributed by atoms with van der Waals surface area (Å²) < 4.78 is 10.5. The van der Waals surface area contributed by atoms with Crippen LogP contribution in [0.3, 0.4) is 0 Å². The fraction of sp³-hybridized carbons (Fsp3) is 0.588. The lowest BCUT2D eigenvalue weighted by atomic mass is 10.0. The fourth-order valence-corrected chi connectivity index (χ4v) is 2.92. The van der Waals surface area contributed by atoms with E-state index < -0.39 is 0 Å². The third-order valence-electron chi connectivity index (χ3n) is 4.47. The zero-order chi connectivity index (χ0) is 16.1. The van der Waals surface area contributed by atoms with Gasteiger partial charge in [0.15, 0.2) is 0 Å². The molecule has 1 fully saturated rings. The standard InChI is InChI=1S/C17H26N2O3/c1-5-19-8-6-14(7-9-19)18(2)17(20)13-10-15(21-3)12-16(11-13)22-4/h10-12,14H,5-9H2,1-4H3. The lowest BCUT2D eigenvalue weighted by molar-refractivity contribution is 0.0646. The van der Waals surface area contributed by atoms with Gasteiger partial charge in [0.2, 0.25) is 0 Å². The van der Waals surface area contributed by atoms with Crippen molar-refractivity contribution in [1.29, 1.82) is 0 Å². The summed E-state index contributed by atoms with van der Waals surface area (Å²) >= 11 is 0. The van der Waals surface area contributed by atoms with Gasteiger partial charge in [0, 0.05) is 37.8 Å². The minimum atomic E-state index is 0.0205. The Balaban J connectivity index is 2.10. The third kappa shape index (κ3) is 3.71. The van der Waals surface area contributed by atoms with Crippen molar-refractivity contribution in [2.45, 2.75) is 25.8 Å². The minimum absolute atomic E-state index is 0.0205. The highest BCUT2D eigenvalue weighted by Gasteiger charge is 2.25. The number of rotatable bonds is 5. The second-order valence-corrected chi connectivity index (χ2v) is 5.68. The maximum absolute atomic E-state index is 12.7. The number of benzene rings is 1. The van der Waals surface area contributed by atoms with E-state index >= 15 is 0 Å². The van der Waals surface area contributed by atoms with Crippen molar-refractivity contribution < 1.29 is 14.3 Å². The summed E-state index contributed by atoms with van der Waals surface area (Å²) in [5.41, 5.74) is 0.608. The fourth-order valence-electron chi connectivity index (χ4n) is 2.92. The molecule has 122 valence electrons. The predicted molar refractivity (Wildman–Crippen MR) is 86.8 cm³/mol. The molecule has 1 amide bonds. The van der Waals surface area contributed by atoms with Gasteiger partial charge < -0.3 is 19.3 Å². The molecular weight excluding hydrogens is 280 g/mol. The van der Waals surface area contributed by atoms with Crippen molar-refractivity contribution >= 4 is 5.91 Å². The van der Waals surface area contributed by atoms with Crippen LogP contribution in [0.1, 0.15) is 30.1 Å². The number of piperidine rings is 1. The predicted octanol–water partition coefficient (Wildman–Crippen LogP) is 2.26. The molecule has 5 nitrogen and oxygen atoms in total. The van der Waals surface area contributed by atoms with Gasteiger partial charge in [-0.25, -0.2) is 0 Å². The topological polar surface area (TPSA) is 42.0 Å². The molecular formula is C17H26N2O3. The largest absolute Gasteiger partial charge is 0.497 e. The van der Waals surface area contributed by atoms with E-state index in [1.54, 1.807) is 32.4 Å². The number of methoxy groups -OCH3 is 2. The number of hydrogen-bond acceptors (Lipinski definition) is 4. The Hall–Kier alpha value is -1.75. The molecule has 0 saturated carbocycles. The summed E-state index contributed by atoms with van der Waals surface area (Å²) in [6.07, 6.45) is 2.05. The van der Waals surface area contributed by atoms with E-state index in [0.717, 1.165) is 32.5 Å². The van der Waals surface area contributed by atoms with E-state index in [2.05, 4.69) is 11.8 Å². The second kappa shape index (κ2) is 7.49. The molecule has 0 atom stereocenters. The molecule has 0 aromatic heterocycles. The van der Waals surface area contributed by atoms with Crippen LogP contribution in [0.5, 0.6) is 11.5 Å². The zero-order valence-electron chi connectivity index (χ0n) is 14.0. The number of hydrogen-bond donors (Lipinski definition) is 0. The van der Waals surface area contributed by atoms with Crippen LogP contribution >= 0.6 is 0 Å². The summed E-state index contributed by atoms with van der Waals surface area (Å²) in [5.74, 6) is 1.29. The van der Waals surface area contributed by atoms with Crippen LogP contribution in [0.4, 0.5) is 0 Å². The molecule has 0 spiro atoms. The Kier molecular flexibility index (Phi) is 5.66. The van der Waals surface area contributed by atoms with Crippen molar-refractivity contribution in [3.8, 4) is 11.5 Å². The van der Waals surface area contributed by atoms with Crippen molar-refractivity contribution in [1.82, 2.24) is 9.80 Å². The molecule has 22 heavy (non-hydrogen) atoms. The molecule has 1 saturated heterocycles. The van der Waals surface area contributed by atoms with E-state index in [1.807, 2.05) is 11.9 Å². The number of ether oxygens (including phenoxy) is 2. The van der Waals surface area contributed by atoms with Crippen molar-refractivity contribution in [3.63, 3.8) is 0 Å². The van der Waals surface area contributed by atoms with Crippen LogP contribution < -0.4 is 9.47 Å². The van der Waals surface area contributed by atoms with E-state index in [9.17, 15) is 4.79 Å². The number of carbonyl (C=O) groups excluding carboxylic acids is 1. The van der Waals surface area contributed by atoms with Crippen LogP contribution in [0.25, 0.3) is 0 Å². The average Bonchev–Trinajstić information content (AvgIpc) is 2.59. The van der Waals surface area contributed by atoms with E-state index in [1.165, 1.54) is 0 Å². The van der Waals surface area contributed by atoms with Crippen LogP contribution in [-0.4, -0.2) is 62.7 Å². The molecule has 0 radical (unpaired) electrons. The van der Waals surface area contributed by atoms with E-state index in [0.29, 0.717) is 23.1 Å². The highest BCUT2D eigenvalue weighted by Crippen LogP contribution is 2.25. The third-order valence-corrected chi connectivity index (χ3v) is 4.47. The zero-order valence-corrected chi connectivity index (χ0v) is 14.0. The summed E-state index contributed by atoms with van der Waals surface area (Å²) in [4.78, 5) is 17.0. The van der Waals surface area contributed by atoms with Gasteiger partial charge in [0.05, 0.1) is 14.2 Å². The molecule has 0 bridgehead atoms. The van der Waals surface area contributed by atoms with Gasteiger partial charge in [-0.15, -0.1) is 0 Å². The van der Waals surface area contributed by atoms with E-state index in [4.69, 9.17) is 9.47 Å². The first-order valence-electron chi connectivity index (χ1n) is 7.81. The number of nitrogens with zero attached hydrogens (tertiary/aromatic N) is 2. The lowest BCUT2D eigenvalue weighted by Gasteiger charge is -2.36. The molecule has 5 heteroatoms. The first-order valence-corrected chi connectivity index (χ1v) is 7.81. The first kappa shape index (κ1) is 16.6. The van der Waals surface area contributed by atoms with Crippen LogP contribution in [-0.2, 0) is 0 Å². The average molecular weight is 306 g/mol. The van der Waals surface area contributed by atoms with Crippen molar-refractivity contribution in [2.75, 3.05) is 40.9 Å². The highest BCUT2D eigenvalue weighted by atomic mass is 16.5. The molecule has 0 aliphatic carbocycles. The number of amides is 1. The summed E-state index contributed by atoms with van der Waals surface area (Å²) in [6.45, 7) is 5.37. The van der Waals surface area contributed by atoms with E-state index in [-0.39, 0.29) is 5.91 Å². The summed E-state index contributed by atoms with van der Waals surface area (Å²) in [7, 11) is 5.07. The number of likely N-dealkylation sites (tertiary alicyclic amines) is 1. The molecule has 1 heterocycles. The van der Waals surface area contributed by atoms with Gasteiger partial charge in [-0.2, -0.15) is 0 Å². The lowest BCUT2D eigenvalue weighted by Crippen LogP contribution is -2.45. The summed E-state index contributed by atoms with van der Waals surface area (Å²) in [6, 6.07) is 5.61. The molecule has 1 aromatic rings. The Morgan fingerprint density at radius 2 is 1.73 bits per heavy atom. The van der Waals surface area contributed by atoms with Crippen LogP contribution in [0.15, 0.2) is 18.2 Å². The molecule has 2 rings (SSSR count). The Labute approximate surface area is 132 Å². The SMILES string of the molecule is CCN1CCC(N(C)C(=O)c2cc(OC)cc(OC)c2)CC1. The monoisotopic (exact) mass is 306 g/mol. The Morgan fingerprint density at radius 1 is 1.18 bits per heavy atom. The van der Waals surface area contributed by atoms with Gasteiger partial charge in [-0.1, -0.05) is 6.92 Å². The van der Waals surface area contributed by atoms with Crippen molar-refractivity contribution in [2.24, 2.45) is 0 Å². The highest BCUT2D eigenvalue weighted by molar-refractivity contribution is 5.95. The van der Waals surface area contributed by atoms with Crippen LogP contribution in [0.2, 0.25) is 0 Å². The normalized spacial score (nSPS) is 16.4. The minimum Gasteiger partial charge on any atom is -0.497 e.